The molecule has 2 atom stereocenters. The fourth-order valence-electron chi connectivity index (χ4n) is 2.27. The van der Waals surface area contributed by atoms with E-state index < -0.39 is 17.7 Å². The molecule has 1 aliphatic heterocycles. The largest absolute Gasteiger partial charge is 0.479 e. The standard InChI is InChI=1S/C15H12O3/c16-14(17)15(12-9-5-2-6-10-12)13(18-15)11-7-3-1-4-8-11/h1-10,13H,(H,16,17)/t13-,15-/m1/s1. The van der Waals surface area contributed by atoms with Gasteiger partial charge in [-0.1, -0.05) is 60.7 Å². The fourth-order valence-corrected chi connectivity index (χ4v) is 2.27. The molecular weight excluding hydrogens is 228 g/mol. The van der Waals surface area contributed by atoms with Gasteiger partial charge in [0.25, 0.3) is 0 Å². The van der Waals surface area contributed by atoms with Gasteiger partial charge < -0.3 is 9.84 Å². The summed E-state index contributed by atoms with van der Waals surface area (Å²) in [5, 5.41) is 9.46. The molecule has 0 radical (unpaired) electrons. The van der Waals surface area contributed by atoms with Crippen molar-refractivity contribution < 1.29 is 14.6 Å². The van der Waals surface area contributed by atoms with Crippen LogP contribution in [0.1, 0.15) is 17.2 Å². The first-order valence-electron chi connectivity index (χ1n) is 5.77. The number of hydrogen-bond acceptors (Lipinski definition) is 2. The second kappa shape index (κ2) is 3.96. The van der Waals surface area contributed by atoms with Crippen molar-refractivity contribution in [2.75, 3.05) is 0 Å². The maximum Gasteiger partial charge on any atom is 0.343 e. The van der Waals surface area contributed by atoms with Crippen LogP contribution in [0.15, 0.2) is 60.7 Å². The molecule has 0 saturated carbocycles. The van der Waals surface area contributed by atoms with Crippen molar-refractivity contribution in [3.63, 3.8) is 0 Å². The minimum absolute atomic E-state index is 0.404. The van der Waals surface area contributed by atoms with Gasteiger partial charge in [0.2, 0.25) is 5.60 Å². The number of ether oxygens (including phenoxy) is 1. The van der Waals surface area contributed by atoms with Crippen molar-refractivity contribution in [2.24, 2.45) is 0 Å². The average molecular weight is 240 g/mol. The first kappa shape index (κ1) is 11.0. The van der Waals surface area contributed by atoms with Crippen LogP contribution >= 0.6 is 0 Å². The number of hydrogen-bond donors (Lipinski definition) is 1. The highest BCUT2D eigenvalue weighted by atomic mass is 16.6. The van der Waals surface area contributed by atoms with Gasteiger partial charge in [0, 0.05) is 0 Å². The number of rotatable bonds is 3. The van der Waals surface area contributed by atoms with Crippen LogP contribution in [0.5, 0.6) is 0 Å². The van der Waals surface area contributed by atoms with Gasteiger partial charge in [0.1, 0.15) is 6.10 Å². The van der Waals surface area contributed by atoms with Crippen LogP contribution in [0.25, 0.3) is 0 Å². The van der Waals surface area contributed by atoms with Crippen molar-refractivity contribution in [1.29, 1.82) is 0 Å². The van der Waals surface area contributed by atoms with E-state index in [1.807, 2.05) is 48.5 Å². The molecule has 1 fully saturated rings. The Hall–Kier alpha value is -2.13. The number of aliphatic carboxylic acids is 1. The third-order valence-corrected chi connectivity index (χ3v) is 3.24. The first-order valence-corrected chi connectivity index (χ1v) is 5.77. The molecule has 0 bridgehead atoms. The molecule has 0 spiro atoms. The zero-order valence-electron chi connectivity index (χ0n) is 9.61. The minimum atomic E-state index is -1.22. The molecule has 3 heteroatoms. The maximum atomic E-state index is 11.5. The van der Waals surface area contributed by atoms with Crippen LogP contribution in [-0.2, 0) is 15.1 Å². The third-order valence-electron chi connectivity index (χ3n) is 3.24. The van der Waals surface area contributed by atoms with Crippen molar-refractivity contribution >= 4 is 5.97 Å². The predicted molar refractivity (Wildman–Crippen MR) is 66.0 cm³/mol. The molecular formula is C15H12O3. The van der Waals surface area contributed by atoms with Crippen molar-refractivity contribution in [3.8, 4) is 0 Å². The Labute approximate surface area is 105 Å². The molecule has 1 aliphatic rings. The van der Waals surface area contributed by atoms with E-state index in [0.717, 1.165) is 5.56 Å². The van der Waals surface area contributed by atoms with Gasteiger partial charge in [-0.3, -0.25) is 0 Å². The molecule has 0 aliphatic carbocycles. The lowest BCUT2D eigenvalue weighted by Crippen LogP contribution is -2.22. The molecule has 0 amide bonds. The predicted octanol–water partition coefficient (Wildman–Crippen LogP) is 2.74. The summed E-state index contributed by atoms with van der Waals surface area (Å²) < 4.78 is 5.54. The quantitative estimate of drug-likeness (QED) is 0.839. The zero-order valence-corrected chi connectivity index (χ0v) is 9.61. The average Bonchev–Trinajstić information content (AvgIpc) is 3.18. The van der Waals surface area contributed by atoms with E-state index >= 15 is 0 Å². The lowest BCUT2D eigenvalue weighted by molar-refractivity contribution is -0.143. The van der Waals surface area contributed by atoms with E-state index in [2.05, 4.69) is 0 Å². The summed E-state index contributed by atoms with van der Waals surface area (Å²) in [5.41, 5.74) is 0.359. The number of carbonyl (C=O) groups is 1. The first-order chi connectivity index (χ1) is 8.75. The summed E-state index contributed by atoms with van der Waals surface area (Å²) in [6.45, 7) is 0. The minimum Gasteiger partial charge on any atom is -0.479 e. The Morgan fingerprint density at radius 1 is 1.00 bits per heavy atom. The Morgan fingerprint density at radius 3 is 2.11 bits per heavy atom. The highest BCUT2D eigenvalue weighted by Crippen LogP contribution is 2.57. The summed E-state index contributed by atoms with van der Waals surface area (Å²) in [6.07, 6.45) is -0.404. The number of benzene rings is 2. The summed E-state index contributed by atoms with van der Waals surface area (Å²) in [6, 6.07) is 18.5. The van der Waals surface area contributed by atoms with E-state index in [-0.39, 0.29) is 0 Å². The second-order valence-electron chi connectivity index (χ2n) is 4.32. The molecule has 90 valence electrons. The molecule has 0 aromatic heterocycles. The third kappa shape index (κ3) is 1.52. The fraction of sp³-hybridized carbons (Fsp3) is 0.133. The van der Waals surface area contributed by atoms with E-state index in [4.69, 9.17) is 4.74 Å². The Balaban J connectivity index is 2.01. The SMILES string of the molecule is O=C(O)[C@]1(c2ccccc2)O[C@@H]1c1ccccc1. The molecule has 2 aromatic rings. The van der Waals surface area contributed by atoms with Crippen LogP contribution in [-0.4, -0.2) is 11.1 Å². The van der Waals surface area contributed by atoms with Crippen LogP contribution < -0.4 is 0 Å². The molecule has 3 rings (SSSR count). The number of epoxide rings is 1. The Bertz CT molecular complexity index is 565. The Morgan fingerprint density at radius 2 is 1.56 bits per heavy atom. The summed E-state index contributed by atoms with van der Waals surface area (Å²) in [5.74, 6) is -0.942. The number of carboxylic acid groups (broad SMARTS) is 1. The molecule has 18 heavy (non-hydrogen) atoms. The molecule has 1 saturated heterocycles. The molecule has 1 heterocycles. The smallest absolute Gasteiger partial charge is 0.343 e. The van der Waals surface area contributed by atoms with Gasteiger partial charge in [-0.05, 0) is 11.1 Å². The highest BCUT2D eigenvalue weighted by molar-refractivity contribution is 5.84. The Kier molecular flexibility index (Phi) is 2.42. The van der Waals surface area contributed by atoms with Gasteiger partial charge in [-0.25, -0.2) is 4.79 Å². The lowest BCUT2D eigenvalue weighted by Gasteiger charge is -2.07. The lowest BCUT2D eigenvalue weighted by atomic mass is 9.92. The molecule has 1 N–H and O–H groups in total. The maximum absolute atomic E-state index is 11.5. The normalized spacial score (nSPS) is 25.7. The van der Waals surface area contributed by atoms with Crippen LogP contribution in [0, 0.1) is 0 Å². The zero-order chi connectivity index (χ0) is 12.6. The van der Waals surface area contributed by atoms with Gasteiger partial charge in [0.15, 0.2) is 0 Å². The summed E-state index contributed by atoms with van der Waals surface area (Å²) >= 11 is 0. The van der Waals surface area contributed by atoms with Crippen LogP contribution in [0.4, 0.5) is 0 Å². The van der Waals surface area contributed by atoms with Crippen molar-refractivity contribution in [1.82, 2.24) is 0 Å². The molecule has 0 unspecified atom stereocenters. The molecule has 2 aromatic carbocycles. The molecule has 3 nitrogen and oxygen atoms in total. The summed E-state index contributed by atoms with van der Waals surface area (Å²) in [4.78, 5) is 11.5. The second-order valence-corrected chi connectivity index (χ2v) is 4.32. The van der Waals surface area contributed by atoms with Gasteiger partial charge in [0.05, 0.1) is 0 Å². The van der Waals surface area contributed by atoms with Crippen molar-refractivity contribution in [2.45, 2.75) is 11.7 Å². The van der Waals surface area contributed by atoms with Crippen LogP contribution in [0.3, 0.4) is 0 Å². The van der Waals surface area contributed by atoms with E-state index in [1.54, 1.807) is 12.1 Å². The topological polar surface area (TPSA) is 49.8 Å². The monoisotopic (exact) mass is 240 g/mol. The number of carboxylic acids is 1. The van der Waals surface area contributed by atoms with E-state index in [0.29, 0.717) is 5.56 Å². The van der Waals surface area contributed by atoms with Crippen molar-refractivity contribution in [3.05, 3.63) is 71.8 Å². The highest BCUT2D eigenvalue weighted by Gasteiger charge is 2.65. The van der Waals surface area contributed by atoms with Gasteiger partial charge >= 0.3 is 5.97 Å². The summed E-state index contributed by atoms with van der Waals surface area (Å²) in [7, 11) is 0. The van der Waals surface area contributed by atoms with Crippen LogP contribution in [0.2, 0.25) is 0 Å². The van der Waals surface area contributed by atoms with E-state index in [9.17, 15) is 9.90 Å². The van der Waals surface area contributed by atoms with Gasteiger partial charge in [-0.2, -0.15) is 0 Å². The van der Waals surface area contributed by atoms with Gasteiger partial charge in [-0.15, -0.1) is 0 Å². The van der Waals surface area contributed by atoms with E-state index in [1.165, 1.54) is 0 Å².